The normalized spacial score (nSPS) is 18.1. The number of nitrogens with zero attached hydrogens (tertiary/aromatic N) is 4. The fourth-order valence-corrected chi connectivity index (χ4v) is 3.96. The summed E-state index contributed by atoms with van der Waals surface area (Å²) in [5, 5.41) is 0. The number of aromatic nitrogens is 3. The van der Waals surface area contributed by atoms with Gasteiger partial charge in [0.25, 0.3) is 0 Å². The minimum atomic E-state index is 0.668. The molecule has 0 radical (unpaired) electrons. The first-order chi connectivity index (χ1) is 12.8. The van der Waals surface area contributed by atoms with Crippen LogP contribution >= 0.6 is 0 Å². The lowest BCUT2D eigenvalue weighted by Gasteiger charge is -2.33. The molecule has 26 heavy (non-hydrogen) atoms. The molecule has 1 unspecified atom stereocenters. The van der Waals surface area contributed by atoms with Crippen LogP contribution in [0.5, 0.6) is 0 Å². The van der Waals surface area contributed by atoms with Gasteiger partial charge in [-0.25, -0.2) is 4.98 Å². The Balaban J connectivity index is 1.47. The zero-order chi connectivity index (χ0) is 17.8. The van der Waals surface area contributed by atoms with Crippen LogP contribution in [0.15, 0.2) is 61.1 Å². The Hall–Kier alpha value is -2.46. The average Bonchev–Trinajstić information content (AvgIpc) is 3.04. The van der Waals surface area contributed by atoms with E-state index in [1.807, 2.05) is 18.6 Å². The molecule has 1 aliphatic rings. The van der Waals surface area contributed by atoms with Crippen LogP contribution in [-0.4, -0.2) is 32.5 Å². The number of aryl methyl sites for hydroxylation is 1. The van der Waals surface area contributed by atoms with Crippen molar-refractivity contribution >= 4 is 0 Å². The van der Waals surface area contributed by atoms with Crippen LogP contribution in [0.4, 0.5) is 0 Å². The SMILES string of the molecule is Cc1cnc(-c2ccccc2)n1CC1CCCN(Cc2ccncc2)C1. The van der Waals surface area contributed by atoms with Gasteiger partial charge in [0.2, 0.25) is 0 Å². The molecule has 1 fully saturated rings. The van der Waals surface area contributed by atoms with Crippen LogP contribution < -0.4 is 0 Å². The molecule has 4 nitrogen and oxygen atoms in total. The van der Waals surface area contributed by atoms with Gasteiger partial charge in [-0.2, -0.15) is 0 Å². The maximum atomic E-state index is 4.68. The molecule has 3 heterocycles. The third-order valence-corrected chi connectivity index (χ3v) is 5.29. The van der Waals surface area contributed by atoms with E-state index in [4.69, 9.17) is 0 Å². The first-order valence-electron chi connectivity index (χ1n) is 9.48. The lowest BCUT2D eigenvalue weighted by Crippen LogP contribution is -2.36. The van der Waals surface area contributed by atoms with Gasteiger partial charge >= 0.3 is 0 Å². The van der Waals surface area contributed by atoms with Crippen molar-refractivity contribution in [2.24, 2.45) is 5.92 Å². The molecule has 0 spiro atoms. The highest BCUT2D eigenvalue weighted by atomic mass is 15.1. The molecule has 4 heteroatoms. The summed E-state index contributed by atoms with van der Waals surface area (Å²) in [4.78, 5) is 11.4. The summed E-state index contributed by atoms with van der Waals surface area (Å²) >= 11 is 0. The zero-order valence-corrected chi connectivity index (χ0v) is 15.4. The number of likely N-dealkylation sites (tertiary alicyclic amines) is 1. The molecule has 3 aromatic rings. The standard InChI is InChI=1S/C22H26N4/c1-18-14-24-22(21-7-3-2-4-8-21)26(18)17-20-6-5-13-25(16-20)15-19-9-11-23-12-10-19/h2-4,7-12,14,20H,5-6,13,15-17H2,1H3. The Kier molecular flexibility index (Phi) is 5.12. The second-order valence-electron chi connectivity index (χ2n) is 7.30. The maximum absolute atomic E-state index is 4.68. The van der Waals surface area contributed by atoms with Crippen molar-refractivity contribution in [2.75, 3.05) is 13.1 Å². The molecule has 1 aliphatic heterocycles. The predicted octanol–water partition coefficient (Wildman–Crippen LogP) is 4.17. The number of imidazole rings is 1. The van der Waals surface area contributed by atoms with Crippen molar-refractivity contribution in [3.8, 4) is 11.4 Å². The highest BCUT2D eigenvalue weighted by Crippen LogP contribution is 2.25. The van der Waals surface area contributed by atoms with E-state index in [9.17, 15) is 0 Å². The van der Waals surface area contributed by atoms with Crippen LogP contribution in [0, 0.1) is 12.8 Å². The monoisotopic (exact) mass is 346 g/mol. The third-order valence-electron chi connectivity index (χ3n) is 5.29. The van der Waals surface area contributed by atoms with Gasteiger partial charge in [-0.05, 0) is 49.9 Å². The van der Waals surface area contributed by atoms with Crippen LogP contribution in [-0.2, 0) is 13.1 Å². The number of piperidine rings is 1. The van der Waals surface area contributed by atoms with Gasteiger partial charge in [0.15, 0.2) is 0 Å². The Labute approximate surface area is 155 Å². The molecular formula is C22H26N4. The van der Waals surface area contributed by atoms with Crippen molar-refractivity contribution in [2.45, 2.75) is 32.9 Å². The van der Waals surface area contributed by atoms with E-state index in [2.05, 4.69) is 68.8 Å². The number of hydrogen-bond acceptors (Lipinski definition) is 3. The Bertz CT molecular complexity index is 826. The molecule has 2 aromatic heterocycles. The summed E-state index contributed by atoms with van der Waals surface area (Å²) in [5.74, 6) is 1.76. The fraction of sp³-hybridized carbons (Fsp3) is 0.364. The predicted molar refractivity (Wildman–Crippen MR) is 105 cm³/mol. The lowest BCUT2D eigenvalue weighted by molar-refractivity contribution is 0.156. The Morgan fingerprint density at radius 1 is 1.08 bits per heavy atom. The molecule has 0 N–H and O–H groups in total. The van der Waals surface area contributed by atoms with Crippen LogP contribution in [0.1, 0.15) is 24.1 Å². The van der Waals surface area contributed by atoms with E-state index < -0.39 is 0 Å². The largest absolute Gasteiger partial charge is 0.328 e. The van der Waals surface area contributed by atoms with Crippen molar-refractivity contribution in [3.63, 3.8) is 0 Å². The first-order valence-corrected chi connectivity index (χ1v) is 9.48. The minimum absolute atomic E-state index is 0.668. The summed E-state index contributed by atoms with van der Waals surface area (Å²) in [6.07, 6.45) is 8.33. The quantitative estimate of drug-likeness (QED) is 0.695. The molecule has 0 saturated carbocycles. The van der Waals surface area contributed by atoms with Crippen molar-refractivity contribution in [1.82, 2.24) is 19.4 Å². The van der Waals surface area contributed by atoms with E-state index >= 15 is 0 Å². The third kappa shape index (κ3) is 3.86. The van der Waals surface area contributed by atoms with E-state index in [-0.39, 0.29) is 0 Å². The topological polar surface area (TPSA) is 34.0 Å². The number of rotatable bonds is 5. The average molecular weight is 346 g/mol. The van der Waals surface area contributed by atoms with Crippen LogP contribution in [0.25, 0.3) is 11.4 Å². The van der Waals surface area contributed by atoms with Gasteiger partial charge in [-0.3, -0.25) is 9.88 Å². The van der Waals surface area contributed by atoms with E-state index in [1.54, 1.807) is 0 Å². The molecule has 0 amide bonds. The van der Waals surface area contributed by atoms with Crippen molar-refractivity contribution in [3.05, 3.63) is 72.3 Å². The van der Waals surface area contributed by atoms with E-state index in [1.165, 1.54) is 36.2 Å². The number of pyridine rings is 1. The molecular weight excluding hydrogens is 320 g/mol. The van der Waals surface area contributed by atoms with Crippen molar-refractivity contribution in [1.29, 1.82) is 0 Å². The van der Waals surface area contributed by atoms with E-state index in [0.717, 1.165) is 25.5 Å². The summed E-state index contributed by atoms with van der Waals surface area (Å²) in [5.41, 5.74) is 3.80. The van der Waals surface area contributed by atoms with Crippen LogP contribution in [0.3, 0.4) is 0 Å². The first kappa shape index (κ1) is 17.0. The van der Waals surface area contributed by atoms with Gasteiger partial charge < -0.3 is 4.57 Å². The van der Waals surface area contributed by atoms with Crippen LogP contribution in [0.2, 0.25) is 0 Å². The maximum Gasteiger partial charge on any atom is 0.140 e. The van der Waals surface area contributed by atoms with Gasteiger partial charge in [0, 0.05) is 49.5 Å². The summed E-state index contributed by atoms with van der Waals surface area (Å²) in [6.45, 7) is 6.56. The lowest BCUT2D eigenvalue weighted by atomic mass is 9.97. The second-order valence-corrected chi connectivity index (χ2v) is 7.30. The fourth-order valence-electron chi connectivity index (χ4n) is 3.96. The minimum Gasteiger partial charge on any atom is -0.328 e. The highest BCUT2D eigenvalue weighted by molar-refractivity contribution is 5.55. The van der Waals surface area contributed by atoms with Gasteiger partial charge in [0.05, 0.1) is 0 Å². The highest BCUT2D eigenvalue weighted by Gasteiger charge is 2.22. The molecule has 1 saturated heterocycles. The van der Waals surface area contributed by atoms with Gasteiger partial charge in [-0.15, -0.1) is 0 Å². The summed E-state index contributed by atoms with van der Waals surface area (Å²) < 4.78 is 2.40. The van der Waals surface area contributed by atoms with Gasteiger partial charge in [0.1, 0.15) is 5.82 Å². The van der Waals surface area contributed by atoms with E-state index in [0.29, 0.717) is 5.92 Å². The molecule has 0 bridgehead atoms. The molecule has 134 valence electrons. The smallest absolute Gasteiger partial charge is 0.140 e. The Morgan fingerprint density at radius 2 is 1.88 bits per heavy atom. The van der Waals surface area contributed by atoms with Crippen molar-refractivity contribution < 1.29 is 0 Å². The molecule has 4 rings (SSSR count). The summed E-state index contributed by atoms with van der Waals surface area (Å²) in [6, 6.07) is 14.8. The molecule has 0 aliphatic carbocycles. The van der Waals surface area contributed by atoms with Gasteiger partial charge in [-0.1, -0.05) is 30.3 Å². The molecule has 1 atom stereocenters. The summed E-state index contributed by atoms with van der Waals surface area (Å²) in [7, 11) is 0. The number of hydrogen-bond donors (Lipinski definition) is 0. The number of benzene rings is 1. The second kappa shape index (κ2) is 7.83. The molecule has 1 aromatic carbocycles. The Morgan fingerprint density at radius 3 is 2.69 bits per heavy atom. The zero-order valence-electron chi connectivity index (χ0n) is 15.4.